The fourth-order valence-electron chi connectivity index (χ4n) is 1.92. The minimum Gasteiger partial charge on any atom is -0.508 e. The van der Waals surface area contributed by atoms with E-state index in [9.17, 15) is 14.7 Å². The summed E-state index contributed by atoms with van der Waals surface area (Å²) in [6, 6.07) is 3.26. The average Bonchev–Trinajstić information content (AvgIpc) is 3.05. The standard InChI is InChI=1S/C13H15NO4/c1-6-4-11(15)7(2)3-10(6)14-12(16)8-5-9(8)13(17)18/h3-4,8-9,15H,5H2,1-2H3,(H,14,16)(H,17,18)/t8-,9+/m1/s1. The molecule has 0 aliphatic heterocycles. The first-order valence-corrected chi connectivity index (χ1v) is 5.74. The number of hydrogen-bond donors (Lipinski definition) is 3. The highest BCUT2D eigenvalue weighted by Crippen LogP contribution is 2.39. The van der Waals surface area contributed by atoms with E-state index in [0.717, 1.165) is 5.56 Å². The van der Waals surface area contributed by atoms with Gasteiger partial charge in [-0.2, -0.15) is 0 Å². The number of anilines is 1. The minimum absolute atomic E-state index is 0.181. The van der Waals surface area contributed by atoms with Crippen molar-refractivity contribution < 1.29 is 19.8 Å². The van der Waals surface area contributed by atoms with Crippen LogP contribution in [0.15, 0.2) is 12.1 Å². The lowest BCUT2D eigenvalue weighted by Crippen LogP contribution is -2.17. The Morgan fingerprint density at radius 2 is 1.89 bits per heavy atom. The highest BCUT2D eigenvalue weighted by atomic mass is 16.4. The van der Waals surface area contributed by atoms with Crippen molar-refractivity contribution in [2.75, 3.05) is 5.32 Å². The number of hydrogen-bond acceptors (Lipinski definition) is 3. The summed E-state index contributed by atoms with van der Waals surface area (Å²) in [5, 5.41) is 21.0. The molecule has 0 saturated heterocycles. The molecule has 1 saturated carbocycles. The molecule has 1 aliphatic rings. The van der Waals surface area contributed by atoms with Gasteiger partial charge in [0.25, 0.3) is 0 Å². The Kier molecular flexibility index (Phi) is 2.98. The van der Waals surface area contributed by atoms with Crippen LogP contribution in [-0.2, 0) is 9.59 Å². The van der Waals surface area contributed by atoms with Gasteiger partial charge in [-0.1, -0.05) is 0 Å². The van der Waals surface area contributed by atoms with Crippen LogP contribution in [0.2, 0.25) is 0 Å². The van der Waals surface area contributed by atoms with Gasteiger partial charge in [-0.05, 0) is 43.5 Å². The summed E-state index contributed by atoms with van der Waals surface area (Å²) in [5.41, 5.74) is 2.03. The molecule has 0 bridgehead atoms. The zero-order chi connectivity index (χ0) is 13.4. The third-order valence-electron chi connectivity index (χ3n) is 3.25. The van der Waals surface area contributed by atoms with E-state index in [4.69, 9.17) is 5.11 Å². The Morgan fingerprint density at radius 1 is 1.22 bits per heavy atom. The molecule has 5 nitrogen and oxygen atoms in total. The van der Waals surface area contributed by atoms with E-state index in [2.05, 4.69) is 5.32 Å². The second kappa shape index (κ2) is 4.33. The molecule has 5 heteroatoms. The number of aryl methyl sites for hydroxylation is 2. The van der Waals surface area contributed by atoms with E-state index in [0.29, 0.717) is 17.7 Å². The van der Waals surface area contributed by atoms with E-state index >= 15 is 0 Å². The Labute approximate surface area is 104 Å². The van der Waals surface area contributed by atoms with Crippen molar-refractivity contribution >= 4 is 17.6 Å². The second-order valence-corrected chi connectivity index (χ2v) is 4.73. The van der Waals surface area contributed by atoms with Gasteiger partial charge >= 0.3 is 5.97 Å². The molecule has 2 atom stereocenters. The number of nitrogens with one attached hydrogen (secondary N) is 1. The Morgan fingerprint density at radius 3 is 2.44 bits per heavy atom. The van der Waals surface area contributed by atoms with Gasteiger partial charge in [0.1, 0.15) is 5.75 Å². The molecule has 2 rings (SSSR count). The van der Waals surface area contributed by atoms with E-state index in [1.165, 1.54) is 0 Å². The smallest absolute Gasteiger partial charge is 0.307 e. The SMILES string of the molecule is Cc1cc(NC(=O)[C@@H]2C[C@@H]2C(=O)O)c(C)cc1O. The first-order chi connectivity index (χ1) is 8.40. The summed E-state index contributed by atoms with van der Waals surface area (Å²) >= 11 is 0. The third-order valence-corrected chi connectivity index (χ3v) is 3.25. The summed E-state index contributed by atoms with van der Waals surface area (Å²) in [7, 11) is 0. The molecule has 1 fully saturated rings. The van der Waals surface area contributed by atoms with Crippen molar-refractivity contribution in [2.24, 2.45) is 11.8 Å². The van der Waals surface area contributed by atoms with Crippen LogP contribution < -0.4 is 5.32 Å². The third kappa shape index (κ3) is 2.30. The topological polar surface area (TPSA) is 86.6 Å². The summed E-state index contributed by atoms with van der Waals surface area (Å²) < 4.78 is 0. The zero-order valence-corrected chi connectivity index (χ0v) is 10.2. The molecule has 96 valence electrons. The number of carbonyl (C=O) groups excluding carboxylic acids is 1. The molecule has 3 N–H and O–H groups in total. The number of aliphatic carboxylic acids is 1. The van der Waals surface area contributed by atoms with Crippen LogP contribution in [0.1, 0.15) is 17.5 Å². The minimum atomic E-state index is -0.922. The Hall–Kier alpha value is -2.04. The molecule has 1 aromatic carbocycles. The first-order valence-electron chi connectivity index (χ1n) is 5.74. The van der Waals surface area contributed by atoms with E-state index in [1.807, 2.05) is 0 Å². The van der Waals surface area contributed by atoms with Crippen molar-refractivity contribution in [1.29, 1.82) is 0 Å². The van der Waals surface area contributed by atoms with Crippen LogP contribution >= 0.6 is 0 Å². The van der Waals surface area contributed by atoms with Gasteiger partial charge in [-0.3, -0.25) is 9.59 Å². The Balaban J connectivity index is 2.09. The molecule has 0 unspecified atom stereocenters. The van der Waals surface area contributed by atoms with Crippen molar-refractivity contribution in [3.8, 4) is 5.75 Å². The van der Waals surface area contributed by atoms with Crippen LogP contribution in [0, 0.1) is 25.7 Å². The molecule has 0 spiro atoms. The first kappa shape index (κ1) is 12.4. The highest BCUT2D eigenvalue weighted by Gasteiger charge is 2.48. The van der Waals surface area contributed by atoms with Crippen LogP contribution in [-0.4, -0.2) is 22.1 Å². The molecular weight excluding hydrogens is 234 g/mol. The van der Waals surface area contributed by atoms with Crippen LogP contribution in [0.5, 0.6) is 5.75 Å². The van der Waals surface area contributed by atoms with E-state index in [-0.39, 0.29) is 11.7 Å². The van der Waals surface area contributed by atoms with Gasteiger partial charge in [-0.25, -0.2) is 0 Å². The van der Waals surface area contributed by atoms with Crippen LogP contribution in [0.3, 0.4) is 0 Å². The summed E-state index contributed by atoms with van der Waals surface area (Å²) in [4.78, 5) is 22.5. The number of phenols is 1. The van der Waals surface area contributed by atoms with Crippen molar-refractivity contribution in [3.05, 3.63) is 23.3 Å². The molecule has 0 aromatic heterocycles. The molecular formula is C13H15NO4. The number of amides is 1. The monoisotopic (exact) mass is 249 g/mol. The largest absolute Gasteiger partial charge is 0.508 e. The molecule has 18 heavy (non-hydrogen) atoms. The maximum atomic E-state index is 11.8. The predicted molar refractivity (Wildman–Crippen MR) is 65.4 cm³/mol. The molecule has 0 radical (unpaired) electrons. The maximum Gasteiger partial charge on any atom is 0.307 e. The van der Waals surface area contributed by atoms with Crippen molar-refractivity contribution in [1.82, 2.24) is 0 Å². The fraction of sp³-hybridized carbons (Fsp3) is 0.385. The molecule has 1 amide bonds. The number of aromatic hydroxyl groups is 1. The number of carboxylic acid groups (broad SMARTS) is 1. The lowest BCUT2D eigenvalue weighted by Gasteiger charge is -2.10. The van der Waals surface area contributed by atoms with Gasteiger partial charge in [0, 0.05) is 5.69 Å². The van der Waals surface area contributed by atoms with Gasteiger partial charge in [0.15, 0.2) is 0 Å². The second-order valence-electron chi connectivity index (χ2n) is 4.73. The number of carbonyl (C=O) groups is 2. The fourth-order valence-corrected chi connectivity index (χ4v) is 1.92. The van der Waals surface area contributed by atoms with Crippen molar-refractivity contribution in [2.45, 2.75) is 20.3 Å². The number of rotatable bonds is 3. The molecule has 0 heterocycles. The lowest BCUT2D eigenvalue weighted by molar-refractivity contribution is -0.139. The van der Waals surface area contributed by atoms with Crippen molar-refractivity contribution in [3.63, 3.8) is 0 Å². The highest BCUT2D eigenvalue weighted by molar-refractivity contribution is 5.98. The Bertz CT molecular complexity index is 524. The normalized spacial score (nSPS) is 21.4. The van der Waals surface area contributed by atoms with Gasteiger partial charge in [0.2, 0.25) is 5.91 Å². The van der Waals surface area contributed by atoms with E-state index in [1.54, 1.807) is 26.0 Å². The summed E-state index contributed by atoms with van der Waals surface area (Å²) in [6.45, 7) is 3.51. The van der Waals surface area contributed by atoms with Crippen LogP contribution in [0.4, 0.5) is 5.69 Å². The lowest BCUT2D eigenvalue weighted by atomic mass is 10.1. The number of carboxylic acids is 1. The summed E-state index contributed by atoms with van der Waals surface area (Å²) in [6.07, 6.45) is 0.400. The van der Waals surface area contributed by atoms with Gasteiger partial charge < -0.3 is 15.5 Å². The zero-order valence-electron chi connectivity index (χ0n) is 10.2. The van der Waals surface area contributed by atoms with Gasteiger partial charge in [-0.15, -0.1) is 0 Å². The van der Waals surface area contributed by atoms with Crippen LogP contribution in [0.25, 0.3) is 0 Å². The number of phenolic OH excluding ortho intramolecular Hbond substituents is 1. The average molecular weight is 249 g/mol. The summed E-state index contributed by atoms with van der Waals surface area (Å²) in [5.74, 6) is -2.00. The predicted octanol–water partition coefficient (Wildman–Crippen LogP) is 1.67. The molecule has 1 aromatic rings. The quantitative estimate of drug-likeness (QED) is 0.711. The number of benzene rings is 1. The molecule has 1 aliphatic carbocycles. The van der Waals surface area contributed by atoms with Gasteiger partial charge in [0.05, 0.1) is 11.8 Å². The maximum absolute atomic E-state index is 11.8. The van der Waals surface area contributed by atoms with E-state index < -0.39 is 17.8 Å².